The molecule has 1 aliphatic heterocycles. The first kappa shape index (κ1) is 22.3. The molecule has 1 N–H and O–H groups in total. The molecule has 0 bridgehead atoms. The number of rotatable bonds is 5. The minimum Gasteiger partial charge on any atom is -0.396 e. The average Bonchev–Trinajstić information content (AvgIpc) is 3.52. The number of benzene rings is 2. The van der Waals surface area contributed by atoms with Gasteiger partial charge in [0.25, 0.3) is 5.91 Å². The smallest absolute Gasteiger partial charge is 0.254 e. The molecule has 0 saturated carbocycles. The van der Waals surface area contributed by atoms with Crippen LogP contribution >= 0.6 is 11.3 Å². The maximum absolute atomic E-state index is 15.0. The summed E-state index contributed by atoms with van der Waals surface area (Å²) in [6, 6.07) is 16.0. The van der Waals surface area contributed by atoms with Crippen LogP contribution in [0.3, 0.4) is 0 Å². The molecule has 1 fully saturated rings. The minimum atomic E-state index is -0.537. The van der Waals surface area contributed by atoms with Gasteiger partial charge in [-0.3, -0.25) is 9.78 Å². The molecule has 3 heterocycles. The number of carbonyl (C=O) groups is 1. The fourth-order valence-corrected chi connectivity index (χ4v) is 5.36. The van der Waals surface area contributed by atoms with Gasteiger partial charge in [-0.15, -0.1) is 11.3 Å². The number of aromatic nitrogens is 2. The van der Waals surface area contributed by atoms with Crippen molar-refractivity contribution in [2.45, 2.75) is 5.92 Å². The Hall–Kier alpha value is -3.49. The van der Waals surface area contributed by atoms with E-state index in [-0.39, 0.29) is 41.3 Å². The molecule has 0 unspecified atom stereocenters. The van der Waals surface area contributed by atoms with Crippen LogP contribution in [0.25, 0.3) is 21.0 Å². The fourth-order valence-electron chi connectivity index (χ4n) is 4.38. The molecular formula is C26H21F2N3O2S. The van der Waals surface area contributed by atoms with Gasteiger partial charge in [0.2, 0.25) is 0 Å². The van der Waals surface area contributed by atoms with Crippen LogP contribution in [0.4, 0.5) is 8.78 Å². The van der Waals surface area contributed by atoms with Gasteiger partial charge in [0.15, 0.2) is 0 Å². The predicted molar refractivity (Wildman–Crippen MR) is 126 cm³/mol. The lowest BCUT2D eigenvalue weighted by Gasteiger charge is -2.18. The van der Waals surface area contributed by atoms with Crippen molar-refractivity contribution in [3.63, 3.8) is 0 Å². The molecule has 1 amide bonds. The lowest BCUT2D eigenvalue weighted by molar-refractivity contribution is 0.0781. The van der Waals surface area contributed by atoms with E-state index in [0.717, 1.165) is 16.1 Å². The molecule has 4 aromatic rings. The second kappa shape index (κ2) is 9.40. The van der Waals surface area contributed by atoms with Crippen LogP contribution in [0.15, 0.2) is 73.1 Å². The van der Waals surface area contributed by atoms with E-state index < -0.39 is 5.82 Å². The summed E-state index contributed by atoms with van der Waals surface area (Å²) in [5.74, 6) is -1.45. The van der Waals surface area contributed by atoms with E-state index in [9.17, 15) is 14.3 Å². The average molecular weight is 478 g/mol. The van der Waals surface area contributed by atoms with E-state index >= 15 is 4.39 Å². The molecule has 1 aliphatic rings. The highest BCUT2D eigenvalue weighted by molar-refractivity contribution is 7.18. The van der Waals surface area contributed by atoms with Crippen molar-refractivity contribution in [2.75, 3.05) is 19.7 Å². The zero-order valence-corrected chi connectivity index (χ0v) is 18.9. The highest BCUT2D eigenvalue weighted by atomic mass is 32.1. The summed E-state index contributed by atoms with van der Waals surface area (Å²) < 4.78 is 28.3. The number of hydrogen-bond acceptors (Lipinski definition) is 5. The van der Waals surface area contributed by atoms with Gasteiger partial charge in [0.05, 0.1) is 16.0 Å². The number of hydrogen-bond donors (Lipinski definition) is 1. The maximum atomic E-state index is 15.0. The number of aliphatic hydroxyl groups excluding tert-OH is 1. The van der Waals surface area contributed by atoms with E-state index in [1.54, 1.807) is 35.5 Å². The third-order valence-corrected chi connectivity index (χ3v) is 7.19. The van der Waals surface area contributed by atoms with Crippen LogP contribution in [0, 0.1) is 17.6 Å². The Kier molecular flexibility index (Phi) is 6.17. The quantitative estimate of drug-likeness (QED) is 0.439. The summed E-state index contributed by atoms with van der Waals surface area (Å²) in [6.07, 6.45) is 3.29. The van der Waals surface area contributed by atoms with Crippen molar-refractivity contribution in [1.29, 1.82) is 0 Å². The molecule has 2 atom stereocenters. The van der Waals surface area contributed by atoms with E-state index in [4.69, 9.17) is 0 Å². The lowest BCUT2D eigenvalue weighted by Crippen LogP contribution is -2.30. The van der Waals surface area contributed by atoms with Crippen LogP contribution in [-0.2, 0) is 0 Å². The van der Waals surface area contributed by atoms with Crippen LogP contribution in [0.5, 0.6) is 0 Å². The summed E-state index contributed by atoms with van der Waals surface area (Å²) in [7, 11) is 0. The summed E-state index contributed by atoms with van der Waals surface area (Å²) in [6.45, 7) is 0.662. The van der Waals surface area contributed by atoms with Crippen LogP contribution in [-0.4, -0.2) is 45.6 Å². The lowest BCUT2D eigenvalue weighted by atomic mass is 9.93. The highest BCUT2D eigenvalue weighted by Gasteiger charge is 2.37. The second-order valence-electron chi connectivity index (χ2n) is 8.21. The number of aliphatic hydroxyl groups is 1. The van der Waals surface area contributed by atoms with E-state index in [2.05, 4.69) is 9.97 Å². The van der Waals surface area contributed by atoms with Gasteiger partial charge in [-0.05, 0) is 42.0 Å². The van der Waals surface area contributed by atoms with Crippen molar-refractivity contribution in [2.24, 2.45) is 5.92 Å². The van der Waals surface area contributed by atoms with Gasteiger partial charge < -0.3 is 10.0 Å². The Morgan fingerprint density at radius 3 is 2.59 bits per heavy atom. The summed E-state index contributed by atoms with van der Waals surface area (Å²) in [4.78, 5) is 24.7. The molecule has 0 radical (unpaired) electrons. The summed E-state index contributed by atoms with van der Waals surface area (Å²) in [5.41, 5.74) is 1.95. The zero-order valence-electron chi connectivity index (χ0n) is 18.1. The molecule has 2 aromatic carbocycles. The van der Waals surface area contributed by atoms with Crippen molar-refractivity contribution >= 4 is 17.2 Å². The molecule has 0 spiro atoms. The van der Waals surface area contributed by atoms with Gasteiger partial charge in [0, 0.05) is 49.6 Å². The van der Waals surface area contributed by atoms with Gasteiger partial charge in [0.1, 0.15) is 16.6 Å². The Morgan fingerprint density at radius 2 is 1.85 bits per heavy atom. The molecule has 8 heteroatoms. The van der Waals surface area contributed by atoms with Crippen molar-refractivity contribution in [3.05, 3.63) is 95.9 Å². The SMILES string of the molecule is O=C(c1cccc(F)c1-c1ncc(-c2ccc(F)cc2)s1)N1C[C@@H](CO)[C@H](c2ccccn2)C1. The number of likely N-dealkylation sites (tertiary alicyclic amines) is 1. The monoisotopic (exact) mass is 477 g/mol. The van der Waals surface area contributed by atoms with Gasteiger partial charge in [-0.1, -0.05) is 24.3 Å². The number of amides is 1. The Bertz CT molecular complexity index is 1310. The first-order valence-electron chi connectivity index (χ1n) is 10.9. The van der Waals surface area contributed by atoms with E-state index in [1.807, 2.05) is 18.2 Å². The second-order valence-corrected chi connectivity index (χ2v) is 9.24. The summed E-state index contributed by atoms with van der Waals surface area (Å²) in [5, 5.41) is 10.3. The number of thiazole rings is 1. The van der Waals surface area contributed by atoms with Gasteiger partial charge >= 0.3 is 0 Å². The molecule has 5 nitrogen and oxygen atoms in total. The van der Waals surface area contributed by atoms with E-state index in [0.29, 0.717) is 18.1 Å². The molecule has 34 heavy (non-hydrogen) atoms. The van der Waals surface area contributed by atoms with E-state index in [1.165, 1.54) is 35.6 Å². The molecular weight excluding hydrogens is 456 g/mol. The van der Waals surface area contributed by atoms with Crippen LogP contribution in [0.2, 0.25) is 0 Å². The number of pyridine rings is 1. The normalized spacial score (nSPS) is 17.8. The minimum absolute atomic E-state index is 0.0749. The molecule has 1 saturated heterocycles. The molecule has 172 valence electrons. The van der Waals surface area contributed by atoms with Crippen molar-refractivity contribution in [1.82, 2.24) is 14.9 Å². The third-order valence-electron chi connectivity index (χ3n) is 6.12. The first-order valence-corrected chi connectivity index (χ1v) is 11.7. The first-order chi connectivity index (χ1) is 16.5. The number of halogens is 2. The number of nitrogens with zero attached hydrogens (tertiary/aromatic N) is 3. The Labute approximate surface area is 199 Å². The highest BCUT2D eigenvalue weighted by Crippen LogP contribution is 2.37. The van der Waals surface area contributed by atoms with Crippen molar-refractivity contribution < 1.29 is 18.7 Å². The fraction of sp³-hybridized carbons (Fsp3) is 0.192. The topological polar surface area (TPSA) is 66.3 Å². The Morgan fingerprint density at radius 1 is 1.03 bits per heavy atom. The van der Waals surface area contributed by atoms with Crippen molar-refractivity contribution in [3.8, 4) is 21.0 Å². The van der Waals surface area contributed by atoms with Crippen LogP contribution < -0.4 is 0 Å². The standard InChI is InChI=1S/C26H21F2N3O2S/c27-18-9-7-16(8-10-18)23-12-30-25(34-23)24-19(4-3-5-21(24)28)26(33)31-13-17(15-32)20(14-31)22-6-1-2-11-29-22/h1-12,17,20,32H,13-15H2/t17-,20+/m0/s1. The number of carbonyl (C=O) groups excluding carboxylic acids is 1. The third kappa shape index (κ3) is 4.22. The zero-order chi connectivity index (χ0) is 23.7. The largest absolute Gasteiger partial charge is 0.396 e. The van der Waals surface area contributed by atoms with Crippen LogP contribution in [0.1, 0.15) is 22.0 Å². The van der Waals surface area contributed by atoms with Gasteiger partial charge in [-0.2, -0.15) is 0 Å². The molecule has 0 aliphatic carbocycles. The maximum Gasteiger partial charge on any atom is 0.254 e. The molecule has 2 aromatic heterocycles. The Balaban J connectivity index is 1.46. The predicted octanol–water partition coefficient (Wildman–Crippen LogP) is 5.00. The summed E-state index contributed by atoms with van der Waals surface area (Å²) >= 11 is 1.24. The van der Waals surface area contributed by atoms with Gasteiger partial charge in [-0.25, -0.2) is 13.8 Å². The molecule has 5 rings (SSSR count).